The maximum atomic E-state index is 5.96. The number of fused-ring (bicyclic) bond motifs is 1. The van der Waals surface area contributed by atoms with Crippen LogP contribution in [-0.4, -0.2) is 32.4 Å². The summed E-state index contributed by atoms with van der Waals surface area (Å²) in [7, 11) is 0. The summed E-state index contributed by atoms with van der Waals surface area (Å²) in [6, 6.07) is 4.13. The van der Waals surface area contributed by atoms with E-state index < -0.39 is 0 Å². The molecule has 2 aromatic rings. The van der Waals surface area contributed by atoms with Gasteiger partial charge in [0.25, 0.3) is 0 Å². The van der Waals surface area contributed by atoms with Crippen molar-refractivity contribution < 1.29 is 4.74 Å². The van der Waals surface area contributed by atoms with E-state index in [0.717, 1.165) is 37.6 Å². The van der Waals surface area contributed by atoms with Crippen LogP contribution in [0, 0.1) is 0 Å². The summed E-state index contributed by atoms with van der Waals surface area (Å²) in [5.74, 6) is 1.96. The Labute approximate surface area is 123 Å². The largest absolute Gasteiger partial charge is 0.367 e. The number of nitrogens with zero attached hydrogens (tertiary/aromatic N) is 4. The summed E-state index contributed by atoms with van der Waals surface area (Å²) in [6.45, 7) is 3.93. The van der Waals surface area contributed by atoms with Crippen molar-refractivity contribution >= 4 is 0 Å². The van der Waals surface area contributed by atoms with Crippen LogP contribution in [0.2, 0.25) is 0 Å². The highest BCUT2D eigenvalue weighted by Crippen LogP contribution is 2.33. The maximum Gasteiger partial charge on any atom is 0.162 e. The highest BCUT2D eigenvalue weighted by atomic mass is 16.5. The van der Waals surface area contributed by atoms with E-state index >= 15 is 0 Å². The molecule has 0 aliphatic carbocycles. The Kier molecular flexibility index (Phi) is 3.20. The van der Waals surface area contributed by atoms with Crippen molar-refractivity contribution in [1.82, 2.24) is 25.1 Å². The molecule has 1 fully saturated rings. The van der Waals surface area contributed by atoms with E-state index in [1.54, 1.807) is 0 Å². The Bertz CT molecular complexity index is 626. The maximum absolute atomic E-state index is 5.96. The SMILES string of the molecule is CC1CCC(c2nnc3n2CCNC3c2ccncc2)O1. The van der Waals surface area contributed by atoms with Crippen molar-refractivity contribution in [2.24, 2.45) is 0 Å². The van der Waals surface area contributed by atoms with Crippen LogP contribution in [0.25, 0.3) is 0 Å². The first kappa shape index (κ1) is 12.9. The molecule has 0 bridgehead atoms. The third-order valence-electron chi connectivity index (χ3n) is 4.31. The van der Waals surface area contributed by atoms with Gasteiger partial charge in [0.15, 0.2) is 11.6 Å². The standard InChI is InChI=1S/C15H19N5O/c1-10-2-3-12(21-10)14-18-19-15-13(17-8-9-20(14)15)11-4-6-16-7-5-11/h4-7,10,12-13,17H,2-3,8-9H2,1H3. The van der Waals surface area contributed by atoms with Crippen LogP contribution in [0.3, 0.4) is 0 Å². The fourth-order valence-corrected chi connectivity index (χ4v) is 3.24. The van der Waals surface area contributed by atoms with Crippen LogP contribution < -0.4 is 5.32 Å². The molecule has 2 aliphatic heterocycles. The van der Waals surface area contributed by atoms with E-state index in [2.05, 4.69) is 32.0 Å². The molecule has 4 rings (SSSR count). The average Bonchev–Trinajstić information content (AvgIpc) is 3.13. The van der Waals surface area contributed by atoms with E-state index in [1.807, 2.05) is 24.5 Å². The van der Waals surface area contributed by atoms with Crippen molar-refractivity contribution in [3.63, 3.8) is 0 Å². The summed E-state index contributed by atoms with van der Waals surface area (Å²) in [6.07, 6.45) is 6.17. The second kappa shape index (κ2) is 5.20. The predicted octanol–water partition coefficient (Wildman–Crippen LogP) is 1.61. The lowest BCUT2D eigenvalue weighted by Crippen LogP contribution is -2.35. The molecule has 0 spiro atoms. The quantitative estimate of drug-likeness (QED) is 0.908. The van der Waals surface area contributed by atoms with Gasteiger partial charge < -0.3 is 14.6 Å². The zero-order chi connectivity index (χ0) is 14.2. The van der Waals surface area contributed by atoms with Gasteiger partial charge >= 0.3 is 0 Å². The second-order valence-electron chi connectivity index (χ2n) is 5.75. The Hall–Kier alpha value is -1.79. The van der Waals surface area contributed by atoms with E-state index in [1.165, 1.54) is 5.56 Å². The molecule has 0 amide bonds. The molecule has 1 N–H and O–H groups in total. The Morgan fingerprint density at radius 3 is 2.76 bits per heavy atom. The van der Waals surface area contributed by atoms with E-state index in [9.17, 15) is 0 Å². The van der Waals surface area contributed by atoms with E-state index in [-0.39, 0.29) is 12.1 Å². The minimum atomic E-state index is 0.0850. The molecule has 0 radical (unpaired) electrons. The number of hydrogen-bond donors (Lipinski definition) is 1. The summed E-state index contributed by atoms with van der Waals surface area (Å²) in [4.78, 5) is 4.08. The topological polar surface area (TPSA) is 64.9 Å². The van der Waals surface area contributed by atoms with Gasteiger partial charge in [0, 0.05) is 25.5 Å². The van der Waals surface area contributed by atoms with Crippen LogP contribution in [0.5, 0.6) is 0 Å². The molecule has 4 heterocycles. The molecule has 21 heavy (non-hydrogen) atoms. The molecule has 2 aliphatic rings. The Balaban J connectivity index is 1.69. The van der Waals surface area contributed by atoms with Gasteiger partial charge in [-0.15, -0.1) is 10.2 Å². The van der Waals surface area contributed by atoms with Gasteiger partial charge in [-0.05, 0) is 37.5 Å². The Morgan fingerprint density at radius 1 is 1.19 bits per heavy atom. The third-order valence-corrected chi connectivity index (χ3v) is 4.31. The highest BCUT2D eigenvalue weighted by molar-refractivity contribution is 5.24. The number of pyridine rings is 1. The Morgan fingerprint density at radius 2 is 2.00 bits per heavy atom. The first-order valence-corrected chi connectivity index (χ1v) is 7.54. The van der Waals surface area contributed by atoms with Crippen LogP contribution >= 0.6 is 0 Å². The van der Waals surface area contributed by atoms with Crippen LogP contribution in [0.4, 0.5) is 0 Å². The summed E-state index contributed by atoms with van der Waals surface area (Å²) in [5.41, 5.74) is 1.17. The van der Waals surface area contributed by atoms with Gasteiger partial charge in [-0.25, -0.2) is 0 Å². The van der Waals surface area contributed by atoms with Gasteiger partial charge in [0.1, 0.15) is 6.10 Å². The molecule has 3 atom stereocenters. The number of rotatable bonds is 2. The number of ether oxygens (including phenoxy) is 1. The molecule has 2 aromatic heterocycles. The highest BCUT2D eigenvalue weighted by Gasteiger charge is 2.32. The monoisotopic (exact) mass is 285 g/mol. The van der Waals surface area contributed by atoms with Gasteiger partial charge in [-0.1, -0.05) is 0 Å². The predicted molar refractivity (Wildman–Crippen MR) is 76.6 cm³/mol. The molecule has 6 heteroatoms. The van der Waals surface area contributed by atoms with Gasteiger partial charge in [0.05, 0.1) is 12.1 Å². The number of hydrogen-bond acceptors (Lipinski definition) is 5. The van der Waals surface area contributed by atoms with Gasteiger partial charge in [-0.2, -0.15) is 0 Å². The molecule has 6 nitrogen and oxygen atoms in total. The molecule has 110 valence electrons. The molecular weight excluding hydrogens is 266 g/mol. The minimum Gasteiger partial charge on any atom is -0.367 e. The number of nitrogens with one attached hydrogen (secondary N) is 1. The van der Waals surface area contributed by atoms with Crippen LogP contribution in [0.15, 0.2) is 24.5 Å². The molecule has 0 saturated carbocycles. The first-order valence-electron chi connectivity index (χ1n) is 7.54. The van der Waals surface area contributed by atoms with Crippen molar-refractivity contribution in [3.8, 4) is 0 Å². The first-order chi connectivity index (χ1) is 10.3. The summed E-state index contributed by atoms with van der Waals surface area (Å²) >= 11 is 0. The zero-order valence-electron chi connectivity index (χ0n) is 12.1. The lowest BCUT2D eigenvalue weighted by molar-refractivity contribution is 0.0475. The fourth-order valence-electron chi connectivity index (χ4n) is 3.24. The van der Waals surface area contributed by atoms with E-state index in [0.29, 0.717) is 6.10 Å². The van der Waals surface area contributed by atoms with Crippen LogP contribution in [0.1, 0.15) is 49.1 Å². The summed E-state index contributed by atoms with van der Waals surface area (Å²) < 4.78 is 8.19. The number of aromatic nitrogens is 4. The van der Waals surface area contributed by atoms with Crippen molar-refractivity contribution in [1.29, 1.82) is 0 Å². The summed E-state index contributed by atoms with van der Waals surface area (Å²) in [5, 5.41) is 12.4. The average molecular weight is 285 g/mol. The second-order valence-corrected chi connectivity index (χ2v) is 5.75. The van der Waals surface area contributed by atoms with Crippen LogP contribution in [-0.2, 0) is 11.3 Å². The van der Waals surface area contributed by atoms with Crippen molar-refractivity contribution in [2.45, 2.75) is 44.6 Å². The normalized spacial score (nSPS) is 28.5. The minimum absolute atomic E-state index is 0.0850. The van der Waals surface area contributed by atoms with E-state index in [4.69, 9.17) is 4.74 Å². The lowest BCUT2D eigenvalue weighted by atomic mass is 10.1. The fraction of sp³-hybridized carbons (Fsp3) is 0.533. The van der Waals surface area contributed by atoms with Crippen molar-refractivity contribution in [2.75, 3.05) is 6.54 Å². The molecule has 3 unspecified atom stereocenters. The van der Waals surface area contributed by atoms with Gasteiger partial charge in [0.2, 0.25) is 0 Å². The smallest absolute Gasteiger partial charge is 0.162 e. The van der Waals surface area contributed by atoms with Gasteiger partial charge in [-0.3, -0.25) is 4.98 Å². The lowest BCUT2D eigenvalue weighted by Gasteiger charge is -2.26. The molecular formula is C15H19N5O. The van der Waals surface area contributed by atoms with Crippen molar-refractivity contribution in [3.05, 3.63) is 41.7 Å². The molecule has 0 aromatic carbocycles. The third kappa shape index (κ3) is 2.24. The molecule has 1 saturated heterocycles. The zero-order valence-corrected chi connectivity index (χ0v) is 12.1.